The van der Waals surface area contributed by atoms with Crippen molar-refractivity contribution in [3.63, 3.8) is 0 Å². The smallest absolute Gasteiger partial charge is 0.122 e. The van der Waals surface area contributed by atoms with E-state index in [9.17, 15) is 4.21 Å². The second-order valence-electron chi connectivity index (χ2n) is 4.67. The van der Waals surface area contributed by atoms with Crippen LogP contribution in [-0.4, -0.2) is 16.3 Å². The molecule has 1 aromatic carbocycles. The van der Waals surface area contributed by atoms with Gasteiger partial charge in [0.25, 0.3) is 0 Å². The van der Waals surface area contributed by atoms with Crippen LogP contribution in [0.3, 0.4) is 0 Å². The summed E-state index contributed by atoms with van der Waals surface area (Å²) in [7, 11) is 0.387. The molecule has 0 amide bonds. The molecule has 0 aliphatic rings. The summed E-state index contributed by atoms with van der Waals surface area (Å²) in [6.45, 7) is 3.84. The molecule has 0 spiro atoms. The summed E-state index contributed by atoms with van der Waals surface area (Å²) in [5, 5.41) is 0. The van der Waals surface area contributed by atoms with E-state index in [1.54, 1.807) is 19.2 Å². The van der Waals surface area contributed by atoms with Gasteiger partial charge in [-0.05, 0) is 31.5 Å². The van der Waals surface area contributed by atoms with E-state index < -0.39 is 10.8 Å². The molecule has 2 N–H and O–H groups in total. The number of methoxy groups -OCH3 is 1. The molecule has 0 fully saturated rings. The van der Waals surface area contributed by atoms with Crippen LogP contribution in [0.4, 0.5) is 5.69 Å². The lowest BCUT2D eigenvalue weighted by Crippen LogP contribution is -2.04. The van der Waals surface area contributed by atoms with Crippen molar-refractivity contribution in [1.82, 2.24) is 4.98 Å². The van der Waals surface area contributed by atoms with Crippen molar-refractivity contribution in [2.24, 2.45) is 0 Å². The van der Waals surface area contributed by atoms with Gasteiger partial charge in [-0.25, -0.2) is 0 Å². The number of anilines is 1. The molecule has 0 saturated heterocycles. The Morgan fingerprint density at radius 1 is 1.25 bits per heavy atom. The number of nitrogen functional groups attached to an aromatic ring is 1. The van der Waals surface area contributed by atoms with E-state index in [0.717, 1.165) is 22.7 Å². The summed E-state index contributed by atoms with van der Waals surface area (Å²) in [5.41, 5.74) is 9.06. The van der Waals surface area contributed by atoms with E-state index in [0.29, 0.717) is 16.3 Å². The molecule has 1 heterocycles. The first kappa shape index (κ1) is 14.5. The van der Waals surface area contributed by atoms with Crippen molar-refractivity contribution in [2.75, 3.05) is 12.8 Å². The summed E-state index contributed by atoms with van der Waals surface area (Å²) in [6.07, 6.45) is 0. The van der Waals surface area contributed by atoms with E-state index in [1.807, 2.05) is 32.0 Å². The fourth-order valence-electron chi connectivity index (χ4n) is 1.95. The minimum absolute atomic E-state index is 0.325. The van der Waals surface area contributed by atoms with E-state index >= 15 is 0 Å². The molecule has 2 aromatic rings. The van der Waals surface area contributed by atoms with E-state index in [-0.39, 0.29) is 0 Å². The maximum absolute atomic E-state index is 12.4. The number of hydrogen-bond acceptors (Lipinski definition) is 4. The van der Waals surface area contributed by atoms with Crippen molar-refractivity contribution >= 4 is 16.5 Å². The third-order valence-corrected chi connectivity index (χ3v) is 4.31. The third-order valence-electron chi connectivity index (χ3n) is 2.91. The minimum Gasteiger partial charge on any atom is -0.497 e. The average molecular weight is 290 g/mol. The quantitative estimate of drug-likeness (QED) is 0.879. The van der Waals surface area contributed by atoms with Crippen molar-refractivity contribution in [3.05, 3.63) is 47.3 Å². The van der Waals surface area contributed by atoms with Gasteiger partial charge in [-0.3, -0.25) is 9.19 Å². The Morgan fingerprint density at radius 2 is 2.00 bits per heavy atom. The van der Waals surface area contributed by atoms with Gasteiger partial charge in [-0.2, -0.15) is 0 Å². The zero-order valence-corrected chi connectivity index (χ0v) is 12.7. The molecule has 1 atom stereocenters. The SMILES string of the molecule is COc1cc(C)nc(CS(=O)c2cc(C)ccc2N)c1. The van der Waals surface area contributed by atoms with Gasteiger partial charge in [-0.15, -0.1) is 0 Å². The van der Waals surface area contributed by atoms with Gasteiger partial charge in [-0.1, -0.05) is 6.07 Å². The Bertz CT molecular complexity index is 656. The van der Waals surface area contributed by atoms with Crippen molar-refractivity contribution in [2.45, 2.75) is 24.5 Å². The third kappa shape index (κ3) is 3.36. The first-order valence-corrected chi connectivity index (χ1v) is 7.57. The summed E-state index contributed by atoms with van der Waals surface area (Å²) in [5.74, 6) is 1.05. The van der Waals surface area contributed by atoms with Crippen LogP contribution >= 0.6 is 0 Å². The Balaban J connectivity index is 2.27. The lowest BCUT2D eigenvalue weighted by molar-refractivity contribution is 0.413. The van der Waals surface area contributed by atoms with Gasteiger partial charge in [0.2, 0.25) is 0 Å². The molecule has 0 radical (unpaired) electrons. The highest BCUT2D eigenvalue weighted by molar-refractivity contribution is 7.84. The Labute approximate surface area is 121 Å². The first-order chi connectivity index (χ1) is 9.49. The molecule has 4 nitrogen and oxygen atoms in total. The van der Waals surface area contributed by atoms with Crippen LogP contribution in [0.15, 0.2) is 35.2 Å². The molecular formula is C15H18N2O2S. The first-order valence-electron chi connectivity index (χ1n) is 6.25. The molecule has 1 aromatic heterocycles. The molecule has 20 heavy (non-hydrogen) atoms. The van der Waals surface area contributed by atoms with Crippen molar-refractivity contribution in [3.8, 4) is 5.75 Å². The summed E-state index contributed by atoms with van der Waals surface area (Å²) in [6, 6.07) is 9.19. The lowest BCUT2D eigenvalue weighted by atomic mass is 10.2. The van der Waals surface area contributed by atoms with Crippen LogP contribution in [-0.2, 0) is 16.6 Å². The van der Waals surface area contributed by atoms with Crippen LogP contribution in [0.25, 0.3) is 0 Å². The maximum atomic E-state index is 12.4. The monoisotopic (exact) mass is 290 g/mol. The van der Waals surface area contributed by atoms with E-state index in [2.05, 4.69) is 4.98 Å². The molecule has 0 aliphatic carbocycles. The second kappa shape index (κ2) is 6.05. The molecule has 1 unspecified atom stereocenters. The highest BCUT2D eigenvalue weighted by Gasteiger charge is 2.11. The number of benzene rings is 1. The fourth-order valence-corrected chi connectivity index (χ4v) is 3.17. The zero-order chi connectivity index (χ0) is 14.7. The summed E-state index contributed by atoms with van der Waals surface area (Å²) < 4.78 is 17.7. The predicted molar refractivity (Wildman–Crippen MR) is 81.2 cm³/mol. The standard InChI is InChI=1S/C15H18N2O2S/c1-10-4-5-14(16)15(6-10)20(18)9-12-8-13(19-3)7-11(2)17-12/h4-8H,9,16H2,1-3H3. The topological polar surface area (TPSA) is 65.2 Å². The summed E-state index contributed by atoms with van der Waals surface area (Å²) >= 11 is 0. The average Bonchev–Trinajstić information content (AvgIpc) is 2.40. The van der Waals surface area contributed by atoms with Gasteiger partial charge >= 0.3 is 0 Å². The Kier molecular flexibility index (Phi) is 4.39. The molecule has 0 saturated carbocycles. The molecule has 5 heteroatoms. The summed E-state index contributed by atoms with van der Waals surface area (Å²) in [4.78, 5) is 5.05. The predicted octanol–water partition coefficient (Wildman–Crippen LogP) is 2.60. The number of aromatic nitrogens is 1. The van der Waals surface area contributed by atoms with Crippen LogP contribution in [0.1, 0.15) is 17.0 Å². The highest BCUT2D eigenvalue weighted by atomic mass is 32.2. The lowest BCUT2D eigenvalue weighted by Gasteiger charge is -2.08. The number of pyridine rings is 1. The van der Waals surface area contributed by atoms with Crippen molar-refractivity contribution in [1.29, 1.82) is 0 Å². The molecule has 0 aliphatic heterocycles. The van der Waals surface area contributed by atoms with Gasteiger partial charge in [0.05, 0.1) is 34.3 Å². The van der Waals surface area contributed by atoms with Crippen LogP contribution in [0.5, 0.6) is 5.75 Å². The zero-order valence-electron chi connectivity index (χ0n) is 11.8. The van der Waals surface area contributed by atoms with Crippen LogP contribution in [0.2, 0.25) is 0 Å². The van der Waals surface area contributed by atoms with Crippen LogP contribution < -0.4 is 10.5 Å². The number of nitrogens with zero attached hydrogens (tertiary/aromatic N) is 1. The number of ether oxygens (including phenoxy) is 1. The number of aryl methyl sites for hydroxylation is 2. The van der Waals surface area contributed by atoms with Gasteiger partial charge in [0.15, 0.2) is 0 Å². The van der Waals surface area contributed by atoms with Gasteiger partial charge in [0.1, 0.15) is 5.75 Å². The van der Waals surface area contributed by atoms with Crippen molar-refractivity contribution < 1.29 is 8.95 Å². The molecule has 0 bridgehead atoms. The Morgan fingerprint density at radius 3 is 2.70 bits per heavy atom. The second-order valence-corrected chi connectivity index (χ2v) is 6.09. The number of rotatable bonds is 4. The number of nitrogens with two attached hydrogens (primary N) is 1. The number of hydrogen-bond donors (Lipinski definition) is 1. The van der Waals surface area contributed by atoms with E-state index in [4.69, 9.17) is 10.5 Å². The highest BCUT2D eigenvalue weighted by Crippen LogP contribution is 2.22. The molecule has 106 valence electrons. The van der Waals surface area contributed by atoms with Crippen LogP contribution in [0, 0.1) is 13.8 Å². The largest absolute Gasteiger partial charge is 0.497 e. The van der Waals surface area contributed by atoms with Gasteiger partial charge < -0.3 is 10.5 Å². The van der Waals surface area contributed by atoms with Gasteiger partial charge in [0, 0.05) is 23.5 Å². The molecular weight excluding hydrogens is 272 g/mol. The normalized spacial score (nSPS) is 12.2. The minimum atomic E-state index is -1.22. The maximum Gasteiger partial charge on any atom is 0.122 e. The molecule has 2 rings (SSSR count). The Hall–Kier alpha value is -1.88. The van der Waals surface area contributed by atoms with E-state index in [1.165, 1.54) is 0 Å². The fraction of sp³-hybridized carbons (Fsp3) is 0.267.